The Labute approximate surface area is 150 Å². The number of para-hydroxylation sites is 1. The first-order chi connectivity index (χ1) is 12.2. The minimum absolute atomic E-state index is 0.0646. The number of carbonyl (C=O) groups is 1. The summed E-state index contributed by atoms with van der Waals surface area (Å²) in [5, 5.41) is 9.32. The lowest BCUT2D eigenvalue weighted by atomic mass is 10.1. The van der Waals surface area contributed by atoms with E-state index in [1.807, 2.05) is 48.7 Å². The summed E-state index contributed by atoms with van der Waals surface area (Å²) in [5.74, 6) is 1.20. The summed E-state index contributed by atoms with van der Waals surface area (Å²) in [6.45, 7) is 5.24. The summed E-state index contributed by atoms with van der Waals surface area (Å²) >= 11 is 1.58. The fraction of sp³-hybridized carbons (Fsp3) is 0.278. The first-order valence-electron chi connectivity index (χ1n) is 8.11. The molecule has 6 nitrogen and oxygen atoms in total. The van der Waals surface area contributed by atoms with Gasteiger partial charge in [-0.1, -0.05) is 29.4 Å². The smallest absolute Gasteiger partial charge is 0.246 e. The van der Waals surface area contributed by atoms with Gasteiger partial charge >= 0.3 is 0 Å². The topological polar surface area (TPSA) is 71.3 Å². The second kappa shape index (κ2) is 7.94. The molecule has 130 valence electrons. The first-order valence-corrected chi connectivity index (χ1v) is 8.99. The molecule has 0 aliphatic heterocycles. The number of thiophene rings is 1. The zero-order chi connectivity index (χ0) is 17.6. The molecular weight excluding hydrogens is 336 g/mol. The van der Waals surface area contributed by atoms with Crippen LogP contribution in [0.5, 0.6) is 0 Å². The van der Waals surface area contributed by atoms with Crippen LogP contribution in [0.25, 0.3) is 10.7 Å². The van der Waals surface area contributed by atoms with Crippen LogP contribution in [-0.4, -0.2) is 27.5 Å². The molecule has 2 heterocycles. The van der Waals surface area contributed by atoms with E-state index >= 15 is 0 Å². The summed E-state index contributed by atoms with van der Waals surface area (Å²) in [6.07, 6.45) is 0. The molecule has 0 unspecified atom stereocenters. The van der Waals surface area contributed by atoms with Gasteiger partial charge in [-0.05, 0) is 30.0 Å². The number of nitrogens with zero attached hydrogens (tertiary/aromatic N) is 3. The van der Waals surface area contributed by atoms with E-state index in [-0.39, 0.29) is 5.91 Å². The summed E-state index contributed by atoms with van der Waals surface area (Å²) in [5.41, 5.74) is 2.01. The standard InChI is InChI=1S/C18H20N4O2S/c1-3-22(13(2)23)12-14-7-4-5-8-15(14)19-11-17-20-18(21-24-17)16-9-6-10-25-16/h4-10,19H,3,11-12H2,1-2H3. The SMILES string of the molecule is CCN(Cc1ccccc1NCc1nc(-c2cccs2)no1)C(C)=O. The molecule has 0 atom stereocenters. The monoisotopic (exact) mass is 356 g/mol. The molecule has 7 heteroatoms. The van der Waals surface area contributed by atoms with Gasteiger partial charge < -0.3 is 14.7 Å². The lowest BCUT2D eigenvalue weighted by Crippen LogP contribution is -2.28. The molecule has 0 aliphatic carbocycles. The molecule has 1 amide bonds. The fourth-order valence-corrected chi connectivity index (χ4v) is 3.13. The van der Waals surface area contributed by atoms with Crippen molar-refractivity contribution in [2.24, 2.45) is 0 Å². The molecular formula is C18H20N4O2S. The Morgan fingerprint density at radius 2 is 2.12 bits per heavy atom. The summed E-state index contributed by atoms with van der Waals surface area (Å²) in [6, 6.07) is 11.8. The third kappa shape index (κ3) is 4.24. The summed E-state index contributed by atoms with van der Waals surface area (Å²) in [7, 11) is 0. The maximum atomic E-state index is 11.7. The van der Waals surface area contributed by atoms with E-state index in [9.17, 15) is 4.79 Å². The Hall–Kier alpha value is -2.67. The summed E-state index contributed by atoms with van der Waals surface area (Å²) < 4.78 is 5.31. The van der Waals surface area contributed by atoms with Crippen molar-refractivity contribution < 1.29 is 9.32 Å². The predicted molar refractivity (Wildman–Crippen MR) is 98.1 cm³/mol. The van der Waals surface area contributed by atoms with Gasteiger partial charge in [0.15, 0.2) is 0 Å². The van der Waals surface area contributed by atoms with E-state index in [2.05, 4.69) is 15.5 Å². The minimum Gasteiger partial charge on any atom is -0.376 e. The highest BCUT2D eigenvalue weighted by Gasteiger charge is 2.12. The minimum atomic E-state index is 0.0646. The van der Waals surface area contributed by atoms with E-state index in [1.165, 1.54) is 0 Å². The normalized spacial score (nSPS) is 10.6. The number of nitrogens with one attached hydrogen (secondary N) is 1. The van der Waals surface area contributed by atoms with Gasteiger partial charge in [-0.2, -0.15) is 4.98 Å². The van der Waals surface area contributed by atoms with E-state index in [0.717, 1.165) is 16.1 Å². The molecule has 1 N–H and O–H groups in total. The zero-order valence-electron chi connectivity index (χ0n) is 14.2. The van der Waals surface area contributed by atoms with Gasteiger partial charge in [0, 0.05) is 25.7 Å². The molecule has 0 radical (unpaired) electrons. The Bertz CT molecular complexity index is 829. The van der Waals surface area contributed by atoms with Gasteiger partial charge in [-0.3, -0.25) is 4.79 Å². The fourth-order valence-electron chi connectivity index (χ4n) is 2.49. The van der Waals surface area contributed by atoms with Crippen LogP contribution in [-0.2, 0) is 17.9 Å². The van der Waals surface area contributed by atoms with Gasteiger partial charge in [0.2, 0.25) is 17.6 Å². The number of benzene rings is 1. The van der Waals surface area contributed by atoms with Crippen molar-refractivity contribution in [3.8, 4) is 10.7 Å². The van der Waals surface area contributed by atoms with E-state index in [0.29, 0.717) is 31.3 Å². The van der Waals surface area contributed by atoms with Crippen molar-refractivity contribution in [1.29, 1.82) is 0 Å². The number of anilines is 1. The highest BCUT2D eigenvalue weighted by molar-refractivity contribution is 7.13. The molecule has 0 spiro atoms. The van der Waals surface area contributed by atoms with Gasteiger partial charge in [0.25, 0.3) is 0 Å². The van der Waals surface area contributed by atoms with Crippen LogP contribution in [0.4, 0.5) is 5.69 Å². The Morgan fingerprint density at radius 1 is 1.28 bits per heavy atom. The van der Waals surface area contributed by atoms with Crippen LogP contribution in [0.3, 0.4) is 0 Å². The maximum Gasteiger partial charge on any atom is 0.246 e. The van der Waals surface area contributed by atoms with Crippen LogP contribution in [0.1, 0.15) is 25.3 Å². The van der Waals surface area contributed by atoms with Crippen molar-refractivity contribution in [2.75, 3.05) is 11.9 Å². The number of rotatable bonds is 7. The van der Waals surface area contributed by atoms with Crippen LogP contribution in [0, 0.1) is 0 Å². The van der Waals surface area contributed by atoms with E-state index in [4.69, 9.17) is 4.52 Å². The zero-order valence-corrected chi connectivity index (χ0v) is 15.0. The van der Waals surface area contributed by atoms with Crippen molar-refractivity contribution in [3.05, 3.63) is 53.2 Å². The van der Waals surface area contributed by atoms with Crippen molar-refractivity contribution in [2.45, 2.75) is 26.9 Å². The summed E-state index contributed by atoms with van der Waals surface area (Å²) in [4.78, 5) is 18.8. The van der Waals surface area contributed by atoms with Gasteiger partial charge in [-0.15, -0.1) is 11.3 Å². The number of aromatic nitrogens is 2. The van der Waals surface area contributed by atoms with E-state index < -0.39 is 0 Å². The molecule has 25 heavy (non-hydrogen) atoms. The van der Waals surface area contributed by atoms with Crippen molar-refractivity contribution in [3.63, 3.8) is 0 Å². The van der Waals surface area contributed by atoms with Crippen molar-refractivity contribution in [1.82, 2.24) is 15.0 Å². The number of carbonyl (C=O) groups excluding carboxylic acids is 1. The average Bonchev–Trinajstić information content (AvgIpc) is 3.29. The average molecular weight is 356 g/mol. The van der Waals surface area contributed by atoms with Crippen molar-refractivity contribution >= 4 is 22.9 Å². The molecule has 0 bridgehead atoms. The largest absolute Gasteiger partial charge is 0.376 e. The third-order valence-electron chi connectivity index (χ3n) is 3.85. The van der Waals surface area contributed by atoms with Crippen LogP contribution in [0.2, 0.25) is 0 Å². The van der Waals surface area contributed by atoms with Gasteiger partial charge in [-0.25, -0.2) is 0 Å². The highest BCUT2D eigenvalue weighted by Crippen LogP contribution is 2.22. The van der Waals surface area contributed by atoms with Crippen LogP contribution in [0.15, 0.2) is 46.3 Å². The highest BCUT2D eigenvalue weighted by atomic mass is 32.1. The Morgan fingerprint density at radius 3 is 2.84 bits per heavy atom. The molecule has 0 saturated heterocycles. The Kier molecular flexibility index (Phi) is 5.45. The molecule has 0 saturated carbocycles. The molecule has 0 aliphatic rings. The molecule has 1 aromatic carbocycles. The number of hydrogen-bond donors (Lipinski definition) is 1. The van der Waals surface area contributed by atoms with E-state index in [1.54, 1.807) is 23.2 Å². The van der Waals surface area contributed by atoms with Gasteiger partial charge in [0.05, 0.1) is 11.4 Å². The maximum absolute atomic E-state index is 11.7. The second-order valence-corrected chi connectivity index (χ2v) is 6.48. The third-order valence-corrected chi connectivity index (χ3v) is 4.71. The number of amides is 1. The molecule has 3 aromatic rings. The first kappa shape index (κ1) is 17.2. The quantitative estimate of drug-likeness (QED) is 0.697. The number of hydrogen-bond acceptors (Lipinski definition) is 6. The lowest BCUT2D eigenvalue weighted by Gasteiger charge is -2.21. The Balaban J connectivity index is 1.68. The molecule has 2 aromatic heterocycles. The van der Waals surface area contributed by atoms with Crippen LogP contribution < -0.4 is 5.32 Å². The predicted octanol–water partition coefficient (Wildman–Crippen LogP) is 3.78. The molecule has 0 fully saturated rings. The van der Waals surface area contributed by atoms with Gasteiger partial charge in [0.1, 0.15) is 0 Å². The van der Waals surface area contributed by atoms with Crippen LogP contribution >= 0.6 is 11.3 Å². The lowest BCUT2D eigenvalue weighted by molar-refractivity contribution is -0.129. The molecule has 3 rings (SSSR count). The second-order valence-electron chi connectivity index (χ2n) is 5.53.